The minimum Gasteiger partial charge on any atom is -0.338 e. The van der Waals surface area contributed by atoms with Crippen LogP contribution in [0, 0.1) is 17.7 Å². The number of fused-ring (bicyclic) bond motifs is 1. The van der Waals surface area contributed by atoms with E-state index in [1.165, 1.54) is 5.56 Å². The number of carbonyl (C=O) groups is 1. The van der Waals surface area contributed by atoms with Gasteiger partial charge in [-0.25, -0.2) is 4.39 Å². The van der Waals surface area contributed by atoms with Crippen LogP contribution in [-0.4, -0.2) is 48.4 Å². The van der Waals surface area contributed by atoms with Gasteiger partial charge in [0.25, 0.3) is 5.91 Å². The van der Waals surface area contributed by atoms with Crippen LogP contribution in [0.2, 0.25) is 0 Å². The van der Waals surface area contributed by atoms with Gasteiger partial charge < -0.3 is 9.80 Å². The van der Waals surface area contributed by atoms with E-state index in [4.69, 9.17) is 0 Å². The van der Waals surface area contributed by atoms with Crippen LogP contribution in [-0.2, 0) is 0 Å². The Morgan fingerprint density at radius 3 is 2.47 bits per heavy atom. The Morgan fingerprint density at radius 1 is 0.971 bits per heavy atom. The number of halogens is 1. The first kappa shape index (κ1) is 22.8. The van der Waals surface area contributed by atoms with E-state index in [0.29, 0.717) is 17.8 Å². The lowest BCUT2D eigenvalue weighted by Crippen LogP contribution is -2.38. The molecule has 0 radical (unpaired) electrons. The molecule has 0 N–H and O–H groups in total. The second-order valence-electron chi connectivity index (χ2n) is 9.81. The third-order valence-corrected chi connectivity index (χ3v) is 7.66. The van der Waals surface area contributed by atoms with Crippen molar-refractivity contribution in [3.05, 3.63) is 95.8 Å². The largest absolute Gasteiger partial charge is 0.338 e. The van der Waals surface area contributed by atoms with Crippen LogP contribution in [0.15, 0.2) is 78.9 Å². The van der Waals surface area contributed by atoms with Gasteiger partial charge in [-0.1, -0.05) is 60.7 Å². The summed E-state index contributed by atoms with van der Waals surface area (Å²) in [5.41, 5.74) is 2.05. The summed E-state index contributed by atoms with van der Waals surface area (Å²) in [5.74, 6) is 1.32. The molecule has 0 bridgehead atoms. The number of rotatable bonds is 5. The molecular weight excluding hydrogens is 423 g/mol. The summed E-state index contributed by atoms with van der Waals surface area (Å²) in [6.45, 7) is 6.78. The van der Waals surface area contributed by atoms with Gasteiger partial charge >= 0.3 is 0 Å². The molecule has 0 saturated carbocycles. The van der Waals surface area contributed by atoms with E-state index in [1.807, 2.05) is 42.5 Å². The number of hydrogen-bond acceptors (Lipinski definition) is 2. The monoisotopic (exact) mass is 456 g/mol. The molecule has 2 heterocycles. The Hall–Kier alpha value is -2.98. The van der Waals surface area contributed by atoms with Gasteiger partial charge in [-0.15, -0.1) is 0 Å². The standard InChI is InChI=1S/C30H33FN2O/c1-2-6-25-20-33(30(34)29-10-5-8-24-7-3-4-9-28(24)29)21-26(25)19-32-17-15-23(16-18-32)22-11-13-27(31)14-12-22/h2-14,23,25-26H,15-21H2,1H3/b6-2-. The fourth-order valence-corrected chi connectivity index (χ4v) is 5.82. The first-order chi connectivity index (χ1) is 16.6. The Kier molecular flexibility index (Phi) is 6.77. The maximum absolute atomic E-state index is 13.5. The van der Waals surface area contributed by atoms with Crippen molar-refractivity contribution in [1.82, 2.24) is 9.80 Å². The topological polar surface area (TPSA) is 23.6 Å². The maximum Gasteiger partial charge on any atom is 0.254 e. The van der Waals surface area contributed by atoms with Crippen molar-refractivity contribution in [3.8, 4) is 0 Å². The average molecular weight is 457 g/mol. The molecule has 176 valence electrons. The summed E-state index contributed by atoms with van der Waals surface area (Å²) in [6.07, 6.45) is 6.62. The molecule has 1 amide bonds. The van der Waals surface area contributed by atoms with Crippen LogP contribution in [0.1, 0.15) is 41.6 Å². The summed E-state index contributed by atoms with van der Waals surface area (Å²) in [5, 5.41) is 2.14. The molecular formula is C30H33FN2O. The van der Waals surface area contributed by atoms with Crippen molar-refractivity contribution >= 4 is 16.7 Å². The van der Waals surface area contributed by atoms with E-state index in [1.54, 1.807) is 12.1 Å². The molecule has 2 saturated heterocycles. The van der Waals surface area contributed by atoms with Crippen LogP contribution in [0.25, 0.3) is 10.8 Å². The molecule has 34 heavy (non-hydrogen) atoms. The SMILES string of the molecule is C/C=C\C1CN(C(=O)c2cccc3ccccc23)CC1CN1CCC(c2ccc(F)cc2)CC1. The van der Waals surface area contributed by atoms with Crippen LogP contribution < -0.4 is 0 Å². The second kappa shape index (κ2) is 10.1. The molecule has 2 fully saturated rings. The number of hydrogen-bond donors (Lipinski definition) is 0. The second-order valence-corrected chi connectivity index (χ2v) is 9.81. The highest BCUT2D eigenvalue weighted by Gasteiger charge is 2.36. The minimum atomic E-state index is -0.167. The number of allylic oxidation sites excluding steroid dienone is 1. The quantitative estimate of drug-likeness (QED) is 0.432. The molecule has 2 unspecified atom stereocenters. The summed E-state index contributed by atoms with van der Waals surface area (Å²) < 4.78 is 13.3. The average Bonchev–Trinajstić information content (AvgIpc) is 3.26. The zero-order chi connectivity index (χ0) is 23.5. The van der Waals surface area contributed by atoms with Crippen molar-refractivity contribution in [2.75, 3.05) is 32.7 Å². The molecule has 5 rings (SSSR count). The maximum atomic E-state index is 13.5. The molecule has 2 aliphatic heterocycles. The van der Waals surface area contributed by atoms with E-state index in [-0.39, 0.29) is 11.7 Å². The van der Waals surface area contributed by atoms with Crippen molar-refractivity contribution in [1.29, 1.82) is 0 Å². The lowest BCUT2D eigenvalue weighted by molar-refractivity contribution is 0.0783. The molecule has 0 aliphatic carbocycles. The lowest BCUT2D eigenvalue weighted by Gasteiger charge is -2.34. The summed E-state index contributed by atoms with van der Waals surface area (Å²) in [6, 6.07) is 21.2. The summed E-state index contributed by atoms with van der Waals surface area (Å²) in [4.78, 5) is 18.2. The van der Waals surface area contributed by atoms with E-state index < -0.39 is 0 Å². The normalized spacial score (nSPS) is 22.1. The zero-order valence-electron chi connectivity index (χ0n) is 19.9. The molecule has 3 nitrogen and oxygen atoms in total. The van der Waals surface area contributed by atoms with Crippen molar-refractivity contribution < 1.29 is 9.18 Å². The number of likely N-dealkylation sites (tertiary alicyclic amines) is 2. The third-order valence-electron chi connectivity index (χ3n) is 7.66. The predicted octanol–water partition coefficient (Wildman–Crippen LogP) is 6.12. The number of piperidine rings is 1. The van der Waals surface area contributed by atoms with E-state index in [2.05, 4.69) is 41.0 Å². The van der Waals surface area contributed by atoms with Gasteiger partial charge in [-0.05, 0) is 79.2 Å². The fourth-order valence-electron chi connectivity index (χ4n) is 5.82. The fraction of sp³-hybridized carbons (Fsp3) is 0.367. The highest BCUT2D eigenvalue weighted by Crippen LogP contribution is 2.32. The number of amides is 1. The summed E-state index contributed by atoms with van der Waals surface area (Å²) >= 11 is 0. The van der Waals surface area contributed by atoms with Gasteiger partial charge in [-0.3, -0.25) is 4.79 Å². The minimum absolute atomic E-state index is 0.142. The van der Waals surface area contributed by atoms with Gasteiger partial charge in [0.15, 0.2) is 0 Å². The Balaban J connectivity index is 1.24. The van der Waals surface area contributed by atoms with Gasteiger partial charge in [-0.2, -0.15) is 0 Å². The van der Waals surface area contributed by atoms with Crippen molar-refractivity contribution in [3.63, 3.8) is 0 Å². The lowest BCUT2D eigenvalue weighted by atomic mass is 9.88. The van der Waals surface area contributed by atoms with Crippen molar-refractivity contribution in [2.24, 2.45) is 11.8 Å². The zero-order valence-corrected chi connectivity index (χ0v) is 19.9. The van der Waals surface area contributed by atoms with Crippen LogP contribution in [0.4, 0.5) is 4.39 Å². The summed E-state index contributed by atoms with van der Waals surface area (Å²) in [7, 11) is 0. The molecule has 0 spiro atoms. The highest BCUT2D eigenvalue weighted by atomic mass is 19.1. The number of carbonyl (C=O) groups excluding carboxylic acids is 1. The van der Waals surface area contributed by atoms with Crippen LogP contribution in [0.3, 0.4) is 0 Å². The Morgan fingerprint density at radius 2 is 1.71 bits per heavy atom. The van der Waals surface area contributed by atoms with Gasteiger partial charge in [0.1, 0.15) is 5.82 Å². The smallest absolute Gasteiger partial charge is 0.254 e. The highest BCUT2D eigenvalue weighted by molar-refractivity contribution is 6.07. The van der Waals surface area contributed by atoms with Gasteiger partial charge in [0.2, 0.25) is 0 Å². The van der Waals surface area contributed by atoms with E-state index in [0.717, 1.165) is 61.9 Å². The molecule has 2 aliphatic rings. The Labute approximate surface area is 201 Å². The number of nitrogens with zero attached hydrogens (tertiary/aromatic N) is 2. The van der Waals surface area contributed by atoms with Gasteiger partial charge in [0, 0.05) is 31.1 Å². The number of benzene rings is 3. The molecule has 0 aromatic heterocycles. The van der Waals surface area contributed by atoms with Crippen molar-refractivity contribution in [2.45, 2.75) is 25.7 Å². The Bertz CT molecular complexity index is 1160. The third kappa shape index (κ3) is 4.78. The van der Waals surface area contributed by atoms with E-state index in [9.17, 15) is 9.18 Å². The molecule has 3 aromatic carbocycles. The molecule has 3 aromatic rings. The molecule has 2 atom stereocenters. The molecule has 4 heteroatoms. The van der Waals surface area contributed by atoms with Crippen LogP contribution >= 0.6 is 0 Å². The predicted molar refractivity (Wildman–Crippen MR) is 136 cm³/mol. The van der Waals surface area contributed by atoms with Crippen LogP contribution in [0.5, 0.6) is 0 Å². The van der Waals surface area contributed by atoms with Gasteiger partial charge in [0.05, 0.1) is 0 Å². The first-order valence-electron chi connectivity index (χ1n) is 12.5. The first-order valence-corrected chi connectivity index (χ1v) is 12.5. The van der Waals surface area contributed by atoms with E-state index >= 15 is 0 Å².